The second-order valence-electron chi connectivity index (χ2n) is 7.18. The summed E-state index contributed by atoms with van der Waals surface area (Å²) in [5, 5.41) is 10.6. The zero-order chi connectivity index (χ0) is 22.1. The van der Waals surface area contributed by atoms with Gasteiger partial charge in [-0.05, 0) is 35.4 Å². The highest BCUT2D eigenvalue weighted by atomic mass is 35.5. The molecule has 2 N–H and O–H groups in total. The third-order valence-corrected chi connectivity index (χ3v) is 6.01. The van der Waals surface area contributed by atoms with Crippen LogP contribution in [0, 0.1) is 11.3 Å². The van der Waals surface area contributed by atoms with Crippen LogP contribution in [0.5, 0.6) is 0 Å². The summed E-state index contributed by atoms with van der Waals surface area (Å²) in [6.45, 7) is 2.90. The van der Waals surface area contributed by atoms with Crippen LogP contribution >= 0.6 is 34.8 Å². The molecule has 3 atom stereocenters. The van der Waals surface area contributed by atoms with Crippen LogP contribution in [0.4, 0.5) is 18.9 Å². The molecular weight excluding hydrogens is 458 g/mol. The summed E-state index contributed by atoms with van der Waals surface area (Å²) in [6.07, 6.45) is -0.802. The second-order valence-corrected chi connectivity index (χ2v) is 8.41. The zero-order valence-electron chi connectivity index (χ0n) is 15.9. The molecule has 160 valence electrons. The lowest BCUT2D eigenvalue weighted by Gasteiger charge is -2.46. The smallest absolute Gasteiger partial charge is 0.365 e. The van der Waals surface area contributed by atoms with Gasteiger partial charge in [-0.15, -0.1) is 0 Å². The maximum absolute atomic E-state index is 13.7. The van der Waals surface area contributed by atoms with Crippen LogP contribution in [-0.2, 0) is 0 Å². The van der Waals surface area contributed by atoms with Gasteiger partial charge >= 0.3 is 6.18 Å². The van der Waals surface area contributed by atoms with Crippen molar-refractivity contribution in [2.24, 2.45) is 5.92 Å². The van der Waals surface area contributed by atoms with Crippen LogP contribution in [-0.4, -0.2) is 30.1 Å². The van der Waals surface area contributed by atoms with Crippen molar-refractivity contribution in [2.45, 2.75) is 25.2 Å². The van der Waals surface area contributed by atoms with Gasteiger partial charge in [0.05, 0.1) is 22.3 Å². The average Bonchev–Trinajstić information content (AvgIpc) is 2.67. The van der Waals surface area contributed by atoms with Gasteiger partial charge in [0.1, 0.15) is 6.17 Å². The summed E-state index contributed by atoms with van der Waals surface area (Å²) in [5.74, 6) is -1.55. The van der Waals surface area contributed by atoms with Gasteiger partial charge in [-0.1, -0.05) is 66.0 Å². The summed E-state index contributed by atoms with van der Waals surface area (Å²) >= 11 is 17.8. The fourth-order valence-electron chi connectivity index (χ4n) is 3.35. The monoisotopic (exact) mass is 475 g/mol. The van der Waals surface area contributed by atoms with Gasteiger partial charge in [0.2, 0.25) is 0 Å². The molecule has 0 spiro atoms. The Morgan fingerprint density at radius 2 is 1.83 bits per heavy atom. The molecule has 0 bridgehead atoms. The van der Waals surface area contributed by atoms with Gasteiger partial charge in [0.15, 0.2) is 0 Å². The maximum atomic E-state index is 13.7. The Morgan fingerprint density at radius 3 is 2.40 bits per heavy atom. The first-order valence-corrected chi connectivity index (χ1v) is 10.3. The first-order valence-electron chi connectivity index (χ1n) is 9.12. The normalized spacial score (nSPS) is 20.2. The van der Waals surface area contributed by atoms with Crippen LogP contribution in [0.1, 0.15) is 24.0 Å². The molecule has 1 fully saturated rings. The molecule has 3 nitrogen and oxygen atoms in total. The highest BCUT2D eigenvalue weighted by Gasteiger charge is 2.40. The van der Waals surface area contributed by atoms with Crippen molar-refractivity contribution >= 4 is 52.9 Å². The zero-order valence-corrected chi connectivity index (χ0v) is 18.1. The number of hydrogen-bond donors (Lipinski definition) is 2. The summed E-state index contributed by atoms with van der Waals surface area (Å²) < 4.78 is 41.0. The number of nitrogens with zero attached hydrogens (tertiary/aromatic N) is 1. The highest BCUT2D eigenvalue weighted by Crippen LogP contribution is 2.43. The number of anilines is 1. The number of halogens is 6. The Kier molecular flexibility index (Phi) is 6.90. The Labute approximate surface area is 187 Å². The van der Waals surface area contributed by atoms with Crippen LogP contribution in [0.15, 0.2) is 42.5 Å². The maximum Gasteiger partial charge on any atom is 0.399 e. The van der Waals surface area contributed by atoms with E-state index in [1.165, 1.54) is 24.5 Å². The number of rotatable bonds is 6. The van der Waals surface area contributed by atoms with Crippen molar-refractivity contribution in [3.05, 3.63) is 68.7 Å². The van der Waals surface area contributed by atoms with E-state index >= 15 is 0 Å². The molecule has 0 radical (unpaired) electrons. The number of nitrogens with one attached hydrogen (secondary N) is 2. The van der Waals surface area contributed by atoms with Crippen LogP contribution < -0.4 is 5.32 Å². The molecule has 2 aromatic carbocycles. The highest BCUT2D eigenvalue weighted by molar-refractivity contribution is 6.43. The minimum atomic E-state index is -4.56. The van der Waals surface area contributed by atoms with E-state index in [-0.39, 0.29) is 26.8 Å². The number of hydrogen-bond acceptors (Lipinski definition) is 2. The Hall–Kier alpha value is -1.89. The summed E-state index contributed by atoms with van der Waals surface area (Å²) in [4.78, 5) is 1.87. The fourth-order valence-corrected chi connectivity index (χ4v) is 4.09. The van der Waals surface area contributed by atoms with Gasteiger partial charge in [0, 0.05) is 23.2 Å². The van der Waals surface area contributed by atoms with Gasteiger partial charge in [-0.3, -0.25) is 5.41 Å². The van der Waals surface area contributed by atoms with E-state index in [4.69, 9.17) is 40.2 Å². The molecule has 0 aromatic heterocycles. The second kappa shape index (κ2) is 9.08. The molecule has 0 amide bonds. The molecule has 1 aliphatic heterocycles. The van der Waals surface area contributed by atoms with Gasteiger partial charge < -0.3 is 10.2 Å². The summed E-state index contributed by atoms with van der Waals surface area (Å²) in [5.41, 5.74) is 1.24. The van der Waals surface area contributed by atoms with Gasteiger partial charge in [-0.25, -0.2) is 0 Å². The van der Waals surface area contributed by atoms with Crippen molar-refractivity contribution in [1.82, 2.24) is 4.90 Å². The Balaban J connectivity index is 1.79. The predicted molar refractivity (Wildman–Crippen MR) is 118 cm³/mol. The molecule has 1 heterocycles. The van der Waals surface area contributed by atoms with Crippen LogP contribution in [0.3, 0.4) is 0 Å². The molecule has 3 rings (SSSR count). The summed E-state index contributed by atoms with van der Waals surface area (Å²) in [7, 11) is 0. The van der Waals surface area contributed by atoms with Crippen molar-refractivity contribution in [3.8, 4) is 0 Å². The topological polar surface area (TPSA) is 39.1 Å². The van der Waals surface area contributed by atoms with Crippen molar-refractivity contribution in [1.29, 1.82) is 5.41 Å². The van der Waals surface area contributed by atoms with Crippen molar-refractivity contribution < 1.29 is 13.2 Å². The van der Waals surface area contributed by atoms with Crippen molar-refractivity contribution in [3.63, 3.8) is 0 Å². The molecule has 0 aliphatic carbocycles. The first-order chi connectivity index (χ1) is 14.1. The van der Waals surface area contributed by atoms with E-state index < -0.39 is 12.1 Å². The summed E-state index contributed by atoms with van der Waals surface area (Å²) in [6, 6.07) is 9.51. The predicted octanol–water partition coefficient (Wildman–Crippen LogP) is 7.30. The van der Waals surface area contributed by atoms with Crippen LogP contribution in [0.25, 0.3) is 6.08 Å². The van der Waals surface area contributed by atoms with E-state index in [1.807, 2.05) is 4.90 Å². The number of allylic oxidation sites excluding steroid dienone is 1. The number of likely N-dealkylation sites (tertiary alicyclic amines) is 1. The van der Waals surface area contributed by atoms with E-state index in [0.29, 0.717) is 11.5 Å². The SMILES string of the molecule is CC1CN(C=N)C1Nc1ccc(/C=C/C(c2cc(Cl)cc(Cl)c2Cl)C(F)(F)F)cc1. The Morgan fingerprint density at radius 1 is 1.17 bits per heavy atom. The minimum absolute atomic E-state index is 0.0264. The lowest BCUT2D eigenvalue weighted by atomic mass is 9.96. The van der Waals surface area contributed by atoms with E-state index in [9.17, 15) is 13.2 Å². The fraction of sp³-hybridized carbons (Fsp3) is 0.286. The molecule has 2 aromatic rings. The van der Waals surface area contributed by atoms with E-state index in [1.54, 1.807) is 24.3 Å². The lowest BCUT2D eigenvalue weighted by Crippen LogP contribution is -2.58. The molecule has 1 aliphatic rings. The van der Waals surface area contributed by atoms with Crippen molar-refractivity contribution in [2.75, 3.05) is 11.9 Å². The van der Waals surface area contributed by atoms with E-state index in [2.05, 4.69) is 12.2 Å². The number of benzene rings is 2. The quantitative estimate of drug-likeness (QED) is 0.261. The Bertz CT molecular complexity index is 945. The molecule has 1 saturated heterocycles. The van der Waals surface area contributed by atoms with E-state index in [0.717, 1.165) is 18.3 Å². The van der Waals surface area contributed by atoms with Gasteiger partial charge in [0.25, 0.3) is 0 Å². The van der Waals surface area contributed by atoms with Gasteiger partial charge in [-0.2, -0.15) is 13.2 Å². The minimum Gasteiger partial charge on any atom is -0.365 e. The van der Waals surface area contributed by atoms with Crippen LogP contribution in [0.2, 0.25) is 15.1 Å². The largest absolute Gasteiger partial charge is 0.399 e. The average molecular weight is 477 g/mol. The molecule has 3 unspecified atom stereocenters. The molecular formula is C21H19Cl3F3N3. The third-order valence-electron chi connectivity index (χ3n) is 4.98. The molecule has 0 saturated carbocycles. The third kappa shape index (κ3) is 5.05. The lowest BCUT2D eigenvalue weighted by molar-refractivity contribution is -0.139. The molecule has 30 heavy (non-hydrogen) atoms. The number of alkyl halides is 3. The standard InChI is InChI=1S/C21H19Cl3F3N3/c1-12-10-30(11-28)20(12)29-15-5-2-13(3-6-15)4-7-17(21(25,26)27)16-8-14(22)9-18(23)19(16)24/h2-9,11-12,17,20,28-29H,10H2,1H3/b7-4+,28-11?. The molecule has 9 heteroatoms. The first kappa shape index (κ1) is 22.8.